The quantitative estimate of drug-likeness (QED) is 0.395. The third kappa shape index (κ3) is 4.68. The maximum Gasteiger partial charge on any atom is 0.237 e. The summed E-state index contributed by atoms with van der Waals surface area (Å²) in [5, 5.41) is 17.5. The summed E-state index contributed by atoms with van der Waals surface area (Å²) in [4.78, 5) is 28.2. The normalized spacial score (nSPS) is 32.6. The number of ketones is 1. The van der Waals surface area contributed by atoms with E-state index in [0.29, 0.717) is 35.5 Å². The smallest absolute Gasteiger partial charge is 0.237 e. The first kappa shape index (κ1) is 27.6. The molecule has 8 heteroatoms. The molecule has 3 N–H and O–H groups in total. The van der Waals surface area contributed by atoms with Gasteiger partial charge in [0, 0.05) is 29.1 Å². The molecule has 1 aliphatic carbocycles. The molecule has 6 atom stereocenters. The molecule has 5 nitrogen and oxygen atoms in total. The minimum absolute atomic E-state index is 0.0327. The van der Waals surface area contributed by atoms with Crippen LogP contribution in [0.5, 0.6) is 0 Å². The van der Waals surface area contributed by atoms with Crippen LogP contribution in [0.1, 0.15) is 76.8 Å². The Bertz CT molecular complexity index is 1290. The number of Topliss-reactive ketones (excluding diaryl/α,β-unsaturated/α-hetero) is 1. The van der Waals surface area contributed by atoms with E-state index in [-0.39, 0.29) is 40.0 Å². The second-order valence-corrected chi connectivity index (χ2v) is 13.7. The van der Waals surface area contributed by atoms with Crippen LogP contribution in [0.2, 0.25) is 10.0 Å². The fraction of sp³-hybridized carbons (Fsp3) is 0.533. The third-order valence-corrected chi connectivity index (χ3v) is 9.12. The lowest BCUT2D eigenvalue weighted by atomic mass is 9.62. The molecular weight excluding hydrogens is 526 g/mol. The van der Waals surface area contributed by atoms with Crippen molar-refractivity contribution in [2.24, 2.45) is 11.3 Å². The summed E-state index contributed by atoms with van der Waals surface area (Å²) in [7, 11) is 0. The van der Waals surface area contributed by atoms with Crippen LogP contribution in [0.25, 0.3) is 0 Å². The zero-order chi connectivity index (χ0) is 27.6. The molecule has 2 heterocycles. The monoisotopic (exact) mass is 560 g/mol. The van der Waals surface area contributed by atoms with Crippen molar-refractivity contribution in [1.29, 1.82) is 0 Å². The molecule has 3 aliphatic rings. The molecule has 0 bridgehead atoms. The first-order valence-corrected chi connectivity index (χ1v) is 14.0. The molecule has 1 saturated carbocycles. The average molecular weight is 562 g/mol. The van der Waals surface area contributed by atoms with Crippen molar-refractivity contribution < 1.29 is 19.1 Å². The summed E-state index contributed by atoms with van der Waals surface area (Å²) in [5.74, 6) is -1.77. The van der Waals surface area contributed by atoms with Gasteiger partial charge in [-0.25, -0.2) is 4.39 Å². The Kier molecular flexibility index (Phi) is 6.95. The fourth-order valence-electron chi connectivity index (χ4n) is 7.13. The number of aliphatic hydroxyl groups is 1. The Morgan fingerprint density at radius 1 is 1.21 bits per heavy atom. The molecule has 1 amide bonds. The highest BCUT2D eigenvalue weighted by Gasteiger charge is 2.66. The van der Waals surface area contributed by atoms with Crippen molar-refractivity contribution in [1.82, 2.24) is 5.32 Å². The largest absolute Gasteiger partial charge is 0.390 e. The Hall–Kier alpha value is -1.99. The van der Waals surface area contributed by atoms with Gasteiger partial charge in [-0.2, -0.15) is 0 Å². The molecule has 204 valence electrons. The molecule has 5 rings (SSSR count). The lowest BCUT2D eigenvalue weighted by Crippen LogP contribution is -2.49. The van der Waals surface area contributed by atoms with Gasteiger partial charge in [-0.05, 0) is 73.3 Å². The number of benzene rings is 2. The molecule has 1 spiro atoms. The topological polar surface area (TPSA) is 78.4 Å². The lowest BCUT2D eigenvalue weighted by Gasteiger charge is -2.37. The first-order chi connectivity index (χ1) is 17.7. The van der Waals surface area contributed by atoms with Crippen LogP contribution in [0, 0.1) is 17.2 Å². The second-order valence-electron chi connectivity index (χ2n) is 12.9. The first-order valence-electron chi connectivity index (χ1n) is 13.3. The minimum Gasteiger partial charge on any atom is -0.390 e. The van der Waals surface area contributed by atoms with Crippen molar-refractivity contribution in [3.63, 3.8) is 0 Å². The van der Waals surface area contributed by atoms with Gasteiger partial charge in [-0.15, -0.1) is 0 Å². The van der Waals surface area contributed by atoms with E-state index in [0.717, 1.165) is 6.42 Å². The molecule has 0 unspecified atom stereocenters. The average Bonchev–Trinajstić information content (AvgIpc) is 3.41. The molecule has 38 heavy (non-hydrogen) atoms. The van der Waals surface area contributed by atoms with Crippen LogP contribution < -0.4 is 10.6 Å². The maximum atomic E-state index is 15.8. The van der Waals surface area contributed by atoms with Gasteiger partial charge in [0.05, 0.1) is 16.7 Å². The predicted octanol–water partition coefficient (Wildman–Crippen LogP) is 6.39. The van der Waals surface area contributed by atoms with E-state index >= 15 is 4.39 Å². The number of carbonyl (C=O) groups excluding carboxylic acids is 2. The number of amides is 1. The van der Waals surface area contributed by atoms with E-state index in [9.17, 15) is 14.7 Å². The zero-order valence-corrected chi connectivity index (χ0v) is 23.7. The van der Waals surface area contributed by atoms with Crippen LogP contribution in [0.3, 0.4) is 0 Å². The number of fused-ring (bicyclic) bond motifs is 2. The Labute approximate surface area is 233 Å². The summed E-state index contributed by atoms with van der Waals surface area (Å²) in [5.41, 5.74) is -0.699. The van der Waals surface area contributed by atoms with E-state index in [4.69, 9.17) is 23.2 Å². The van der Waals surface area contributed by atoms with Gasteiger partial charge < -0.3 is 15.7 Å². The molecule has 2 fully saturated rings. The molecule has 2 aromatic rings. The van der Waals surface area contributed by atoms with Crippen molar-refractivity contribution in [2.75, 3.05) is 5.32 Å². The number of halogens is 3. The van der Waals surface area contributed by atoms with Gasteiger partial charge in [0.1, 0.15) is 11.2 Å². The van der Waals surface area contributed by atoms with E-state index in [1.807, 2.05) is 6.07 Å². The molecule has 2 aliphatic heterocycles. The van der Waals surface area contributed by atoms with E-state index in [2.05, 4.69) is 31.4 Å². The molecule has 0 aromatic heterocycles. The Balaban J connectivity index is 1.68. The standard InChI is InChI=1S/C30H35Cl2FN2O3/c1-28(2,3)15-23-30(19-9-8-17(31)13-21(19)34-27(30)37)24(18-6-5-7-20(32)25(18)33)26(35-23)22(36)12-16-10-11-29(4,38)14-16/h5-9,13,16,23-24,26,35,38H,10-12,14-15H2,1-4H3,(H,34,37)/t16-,23-,24+,26+,29-,30+/m1/s1. The van der Waals surface area contributed by atoms with Gasteiger partial charge in [0.25, 0.3) is 0 Å². The summed E-state index contributed by atoms with van der Waals surface area (Å²) in [6.07, 6.45) is 2.76. The predicted molar refractivity (Wildman–Crippen MR) is 148 cm³/mol. The lowest BCUT2D eigenvalue weighted by molar-refractivity contribution is -0.123. The molecule has 0 radical (unpaired) electrons. The highest BCUT2D eigenvalue weighted by molar-refractivity contribution is 6.31. The van der Waals surface area contributed by atoms with Gasteiger partial charge in [-0.1, -0.05) is 62.2 Å². The fourth-order valence-corrected chi connectivity index (χ4v) is 7.48. The van der Waals surface area contributed by atoms with Gasteiger partial charge >= 0.3 is 0 Å². The molecule has 2 aromatic carbocycles. The molecule has 1 saturated heterocycles. The maximum absolute atomic E-state index is 15.8. The summed E-state index contributed by atoms with van der Waals surface area (Å²) in [6, 6.07) is 8.78. The second kappa shape index (κ2) is 9.58. The summed E-state index contributed by atoms with van der Waals surface area (Å²) < 4.78 is 15.8. The third-order valence-electron chi connectivity index (χ3n) is 8.59. The number of nitrogens with one attached hydrogen (secondary N) is 2. The number of anilines is 1. The zero-order valence-electron chi connectivity index (χ0n) is 22.2. The van der Waals surface area contributed by atoms with E-state index in [1.165, 1.54) is 6.07 Å². The van der Waals surface area contributed by atoms with Crippen molar-refractivity contribution in [3.8, 4) is 0 Å². The van der Waals surface area contributed by atoms with Crippen molar-refractivity contribution in [2.45, 2.75) is 88.8 Å². The van der Waals surface area contributed by atoms with E-state index in [1.54, 1.807) is 31.2 Å². The summed E-state index contributed by atoms with van der Waals surface area (Å²) >= 11 is 12.5. The van der Waals surface area contributed by atoms with Crippen molar-refractivity contribution >= 4 is 40.6 Å². The highest BCUT2D eigenvalue weighted by Crippen LogP contribution is 2.57. The van der Waals surface area contributed by atoms with Crippen LogP contribution >= 0.6 is 23.2 Å². The van der Waals surface area contributed by atoms with Gasteiger partial charge in [0.15, 0.2) is 5.78 Å². The van der Waals surface area contributed by atoms with Gasteiger partial charge in [0.2, 0.25) is 5.91 Å². The van der Waals surface area contributed by atoms with Crippen molar-refractivity contribution in [3.05, 3.63) is 63.4 Å². The van der Waals surface area contributed by atoms with Crippen LogP contribution in [0.4, 0.5) is 10.1 Å². The highest BCUT2D eigenvalue weighted by atomic mass is 35.5. The Morgan fingerprint density at radius 2 is 1.95 bits per heavy atom. The number of rotatable bonds is 5. The van der Waals surface area contributed by atoms with Crippen LogP contribution in [0.15, 0.2) is 36.4 Å². The Morgan fingerprint density at radius 3 is 2.61 bits per heavy atom. The summed E-state index contributed by atoms with van der Waals surface area (Å²) in [6.45, 7) is 8.06. The minimum atomic E-state index is -1.25. The number of hydrogen-bond donors (Lipinski definition) is 3. The number of carbonyl (C=O) groups is 2. The van der Waals surface area contributed by atoms with E-state index < -0.39 is 34.8 Å². The molecular formula is C30H35Cl2FN2O3. The SMILES string of the molecule is CC(C)(C)C[C@H]1N[C@@H](C(=O)C[C@H]2CC[C@@](C)(O)C2)[C@H](c2cccc(Cl)c2F)[C@@]12C(=O)Nc1cc(Cl)ccc12. The van der Waals surface area contributed by atoms with Crippen LogP contribution in [-0.4, -0.2) is 34.5 Å². The van der Waals surface area contributed by atoms with Crippen LogP contribution in [-0.2, 0) is 15.0 Å². The number of hydrogen-bond acceptors (Lipinski definition) is 4. The van der Waals surface area contributed by atoms with Gasteiger partial charge in [-0.3, -0.25) is 9.59 Å².